The van der Waals surface area contributed by atoms with Gasteiger partial charge in [0.25, 0.3) is 0 Å². The number of carbonyl (C=O) groups excluding carboxylic acids is 2. The van der Waals surface area contributed by atoms with E-state index in [0.717, 1.165) is 25.7 Å². The van der Waals surface area contributed by atoms with Crippen LogP contribution in [0.15, 0.2) is 0 Å². The van der Waals surface area contributed by atoms with Crippen LogP contribution in [0.2, 0.25) is 0 Å². The van der Waals surface area contributed by atoms with Crippen molar-refractivity contribution in [2.45, 2.75) is 70.9 Å². The van der Waals surface area contributed by atoms with Gasteiger partial charge in [0.2, 0.25) is 11.8 Å². The molecule has 0 saturated heterocycles. The summed E-state index contributed by atoms with van der Waals surface area (Å²) in [5, 5.41) is 5.72. The summed E-state index contributed by atoms with van der Waals surface area (Å²) < 4.78 is 0. The lowest BCUT2D eigenvalue weighted by atomic mass is 9.74. The maximum absolute atomic E-state index is 12.2. The molecule has 0 aromatic heterocycles. The first-order valence-electron chi connectivity index (χ1n) is 7.49. The van der Waals surface area contributed by atoms with Gasteiger partial charge < -0.3 is 16.4 Å². The van der Waals surface area contributed by atoms with Crippen molar-refractivity contribution in [3.8, 4) is 0 Å². The lowest BCUT2D eigenvalue weighted by molar-refractivity contribution is -0.128. The van der Waals surface area contributed by atoms with Gasteiger partial charge in [0.15, 0.2) is 0 Å². The van der Waals surface area contributed by atoms with Gasteiger partial charge in [0.1, 0.15) is 0 Å². The van der Waals surface area contributed by atoms with Gasteiger partial charge in [-0.15, -0.1) is 0 Å². The Kier molecular flexibility index (Phi) is 5.57. The number of hydrogen-bond acceptors (Lipinski definition) is 3. The summed E-state index contributed by atoms with van der Waals surface area (Å²) >= 11 is 0. The van der Waals surface area contributed by atoms with E-state index in [2.05, 4.69) is 10.6 Å². The fourth-order valence-corrected chi connectivity index (χ4v) is 2.69. The van der Waals surface area contributed by atoms with Crippen molar-refractivity contribution in [1.82, 2.24) is 10.6 Å². The quantitative estimate of drug-likeness (QED) is 0.727. The number of nitrogens with one attached hydrogen (secondary N) is 2. The van der Waals surface area contributed by atoms with E-state index in [-0.39, 0.29) is 23.3 Å². The van der Waals surface area contributed by atoms with Crippen LogP contribution in [0.4, 0.5) is 0 Å². The number of hydrogen-bond donors (Lipinski definition) is 3. The normalized spacial score (nSPS) is 26.9. The Morgan fingerprint density at radius 2 is 1.95 bits per heavy atom. The van der Waals surface area contributed by atoms with Crippen LogP contribution in [-0.4, -0.2) is 29.4 Å². The van der Waals surface area contributed by atoms with Crippen molar-refractivity contribution in [2.24, 2.45) is 11.7 Å². The predicted octanol–water partition coefficient (Wildman–Crippen LogP) is 1.32. The van der Waals surface area contributed by atoms with Crippen LogP contribution < -0.4 is 16.4 Å². The molecule has 0 bridgehead atoms. The Morgan fingerprint density at radius 1 is 1.30 bits per heavy atom. The smallest absolute Gasteiger partial charge is 0.224 e. The molecule has 0 radical (unpaired) electrons. The monoisotopic (exact) mass is 283 g/mol. The molecule has 2 amide bonds. The summed E-state index contributed by atoms with van der Waals surface area (Å²) in [6, 6.07) is 0. The molecule has 20 heavy (non-hydrogen) atoms. The van der Waals surface area contributed by atoms with Crippen molar-refractivity contribution < 1.29 is 9.59 Å². The molecule has 0 spiro atoms. The third-order valence-corrected chi connectivity index (χ3v) is 3.74. The maximum Gasteiger partial charge on any atom is 0.224 e. The van der Waals surface area contributed by atoms with E-state index in [1.807, 2.05) is 27.7 Å². The van der Waals surface area contributed by atoms with Crippen LogP contribution in [0.1, 0.15) is 59.8 Å². The second kappa shape index (κ2) is 6.57. The Bertz CT molecular complexity index is 359. The van der Waals surface area contributed by atoms with Crippen LogP contribution in [0.5, 0.6) is 0 Å². The van der Waals surface area contributed by atoms with E-state index in [1.165, 1.54) is 0 Å². The minimum atomic E-state index is -0.421. The molecule has 2 atom stereocenters. The van der Waals surface area contributed by atoms with Gasteiger partial charge in [0, 0.05) is 24.0 Å². The summed E-state index contributed by atoms with van der Waals surface area (Å²) in [5.74, 6) is -0.197. The minimum Gasteiger partial charge on any atom is -0.355 e. The summed E-state index contributed by atoms with van der Waals surface area (Å²) in [7, 11) is 0. The van der Waals surface area contributed by atoms with E-state index in [9.17, 15) is 9.59 Å². The van der Waals surface area contributed by atoms with Crippen molar-refractivity contribution in [3.63, 3.8) is 0 Å². The van der Waals surface area contributed by atoms with Crippen molar-refractivity contribution in [1.29, 1.82) is 0 Å². The third-order valence-electron chi connectivity index (χ3n) is 3.74. The van der Waals surface area contributed by atoms with Gasteiger partial charge in [0.05, 0.1) is 5.92 Å². The van der Waals surface area contributed by atoms with E-state index in [0.29, 0.717) is 13.0 Å². The highest BCUT2D eigenvalue weighted by atomic mass is 16.2. The van der Waals surface area contributed by atoms with Crippen LogP contribution >= 0.6 is 0 Å². The molecule has 1 aliphatic carbocycles. The van der Waals surface area contributed by atoms with Gasteiger partial charge in [-0.2, -0.15) is 0 Å². The molecule has 1 saturated carbocycles. The Balaban J connectivity index is 2.35. The van der Waals surface area contributed by atoms with Gasteiger partial charge in [-0.3, -0.25) is 9.59 Å². The highest BCUT2D eigenvalue weighted by molar-refractivity contribution is 5.81. The van der Waals surface area contributed by atoms with Crippen molar-refractivity contribution >= 4 is 11.8 Å². The summed E-state index contributed by atoms with van der Waals surface area (Å²) in [6.45, 7) is 8.12. The molecule has 0 aromatic rings. The molecule has 0 aromatic carbocycles. The topological polar surface area (TPSA) is 84.2 Å². The molecule has 5 heteroatoms. The Hall–Kier alpha value is -1.10. The Labute approximate surface area is 122 Å². The molecule has 1 aliphatic rings. The summed E-state index contributed by atoms with van der Waals surface area (Å²) in [4.78, 5) is 23.8. The Morgan fingerprint density at radius 3 is 2.50 bits per heavy atom. The zero-order valence-electron chi connectivity index (χ0n) is 13.2. The first-order valence-corrected chi connectivity index (χ1v) is 7.49. The highest BCUT2D eigenvalue weighted by Crippen LogP contribution is 2.31. The number of amides is 2. The first kappa shape index (κ1) is 17.0. The van der Waals surface area contributed by atoms with Crippen molar-refractivity contribution in [3.05, 3.63) is 0 Å². The molecular formula is C15H29N3O2. The van der Waals surface area contributed by atoms with Gasteiger partial charge in [-0.25, -0.2) is 0 Å². The summed E-state index contributed by atoms with van der Waals surface area (Å²) in [6.07, 6.45) is 4.17. The minimum absolute atomic E-state index is 0.0155. The molecule has 5 nitrogen and oxygen atoms in total. The SMILES string of the molecule is CC(C)(C)NC(=O)CCNC(=O)C1CCCCC1(C)N. The molecule has 2 unspecified atom stereocenters. The highest BCUT2D eigenvalue weighted by Gasteiger charge is 2.37. The van der Waals surface area contributed by atoms with Gasteiger partial charge >= 0.3 is 0 Å². The standard InChI is InChI=1S/C15H29N3O2/c1-14(2,3)18-12(19)8-10-17-13(20)11-7-5-6-9-15(11,4)16/h11H,5-10,16H2,1-4H3,(H,17,20)(H,18,19). The third kappa shape index (κ3) is 5.49. The lowest BCUT2D eigenvalue weighted by Crippen LogP contribution is -2.53. The lowest BCUT2D eigenvalue weighted by Gasteiger charge is -2.37. The number of carbonyl (C=O) groups is 2. The van der Waals surface area contributed by atoms with E-state index < -0.39 is 5.54 Å². The first-order chi connectivity index (χ1) is 9.12. The fraction of sp³-hybridized carbons (Fsp3) is 0.867. The molecule has 0 aliphatic heterocycles. The molecule has 0 heterocycles. The largest absolute Gasteiger partial charge is 0.355 e. The van der Waals surface area contributed by atoms with Gasteiger partial charge in [-0.05, 0) is 40.5 Å². The second-order valence-electron chi connectivity index (χ2n) is 7.14. The van der Waals surface area contributed by atoms with Crippen LogP contribution in [0.25, 0.3) is 0 Å². The molecule has 4 N–H and O–H groups in total. The van der Waals surface area contributed by atoms with Crippen LogP contribution in [0, 0.1) is 5.92 Å². The zero-order valence-corrected chi connectivity index (χ0v) is 13.2. The van der Waals surface area contributed by atoms with E-state index >= 15 is 0 Å². The fourth-order valence-electron chi connectivity index (χ4n) is 2.69. The molecule has 1 fully saturated rings. The van der Waals surface area contributed by atoms with Crippen molar-refractivity contribution in [2.75, 3.05) is 6.54 Å². The average molecular weight is 283 g/mol. The van der Waals surface area contributed by atoms with E-state index in [4.69, 9.17) is 5.73 Å². The zero-order chi connectivity index (χ0) is 15.4. The number of rotatable bonds is 4. The predicted molar refractivity (Wildman–Crippen MR) is 80.1 cm³/mol. The van der Waals surface area contributed by atoms with Crippen LogP contribution in [-0.2, 0) is 9.59 Å². The average Bonchev–Trinajstić information content (AvgIpc) is 2.25. The van der Waals surface area contributed by atoms with E-state index in [1.54, 1.807) is 0 Å². The van der Waals surface area contributed by atoms with Crippen LogP contribution in [0.3, 0.4) is 0 Å². The maximum atomic E-state index is 12.2. The number of nitrogens with two attached hydrogens (primary N) is 1. The molecule has 116 valence electrons. The van der Waals surface area contributed by atoms with Gasteiger partial charge in [-0.1, -0.05) is 12.8 Å². The summed E-state index contributed by atoms with van der Waals surface area (Å²) in [5.41, 5.74) is 5.54. The molecule has 1 rings (SSSR count). The second-order valence-corrected chi connectivity index (χ2v) is 7.14. The molecular weight excluding hydrogens is 254 g/mol.